The highest BCUT2D eigenvalue weighted by molar-refractivity contribution is 14.1. The maximum Gasteiger partial charge on any atom is 0.266 e. The Labute approximate surface area is 219 Å². The maximum atomic E-state index is 12.5. The lowest BCUT2D eigenvalue weighted by Crippen LogP contribution is -2.27. The summed E-state index contributed by atoms with van der Waals surface area (Å²) in [6, 6.07) is 10.1. The number of aryl methyl sites for hydroxylation is 1. The monoisotopic (exact) mass is 597 g/mol. The standard InChI is InChI=1S/C25H28INO4S2/c1-6-27-24(28)22(33-25(27)32)14-17-12-19(26)23(21(13-17)29-5)31-10-9-30-20-11-16(4)7-8-18(20)15(2)3/h7-8,11-15H,6,9-10H2,1-5H3. The van der Waals surface area contributed by atoms with Crippen molar-refractivity contribution in [1.82, 2.24) is 4.90 Å². The Morgan fingerprint density at radius 3 is 2.52 bits per heavy atom. The average Bonchev–Trinajstić information content (AvgIpc) is 3.03. The van der Waals surface area contributed by atoms with E-state index in [0.717, 1.165) is 20.4 Å². The molecule has 8 heteroatoms. The summed E-state index contributed by atoms with van der Waals surface area (Å²) < 4.78 is 19.1. The number of thiocarbonyl (C=S) groups is 1. The van der Waals surface area contributed by atoms with Crippen molar-refractivity contribution in [2.24, 2.45) is 0 Å². The largest absolute Gasteiger partial charge is 0.493 e. The molecule has 0 bridgehead atoms. The summed E-state index contributed by atoms with van der Waals surface area (Å²) in [4.78, 5) is 14.7. The first kappa shape index (κ1) is 25.8. The molecule has 0 saturated carbocycles. The van der Waals surface area contributed by atoms with Crippen LogP contribution >= 0.6 is 46.6 Å². The zero-order chi connectivity index (χ0) is 24.1. The molecular weight excluding hydrogens is 569 g/mol. The van der Waals surface area contributed by atoms with Gasteiger partial charge in [-0.1, -0.05) is 50.0 Å². The van der Waals surface area contributed by atoms with Gasteiger partial charge in [-0.3, -0.25) is 9.69 Å². The summed E-state index contributed by atoms with van der Waals surface area (Å²) in [6.07, 6.45) is 1.84. The van der Waals surface area contributed by atoms with Crippen molar-refractivity contribution in [1.29, 1.82) is 0 Å². The van der Waals surface area contributed by atoms with Crippen molar-refractivity contribution in [2.75, 3.05) is 26.9 Å². The molecule has 2 aromatic carbocycles. The Morgan fingerprint density at radius 1 is 1.15 bits per heavy atom. The molecule has 0 atom stereocenters. The molecule has 0 unspecified atom stereocenters. The van der Waals surface area contributed by atoms with Crippen molar-refractivity contribution in [2.45, 2.75) is 33.6 Å². The van der Waals surface area contributed by atoms with Crippen molar-refractivity contribution in [3.63, 3.8) is 0 Å². The zero-order valence-corrected chi connectivity index (χ0v) is 23.2. The summed E-state index contributed by atoms with van der Waals surface area (Å²) in [5, 5.41) is 0. The Bertz CT molecular complexity index is 1080. The quantitative estimate of drug-likeness (QED) is 0.144. The van der Waals surface area contributed by atoms with Gasteiger partial charge in [0.2, 0.25) is 0 Å². The molecule has 176 valence electrons. The Morgan fingerprint density at radius 2 is 1.88 bits per heavy atom. The highest BCUT2D eigenvalue weighted by Crippen LogP contribution is 2.37. The number of ether oxygens (including phenoxy) is 3. The van der Waals surface area contributed by atoms with Crippen LogP contribution in [0.25, 0.3) is 6.08 Å². The first-order valence-corrected chi connectivity index (χ1v) is 13.0. The minimum atomic E-state index is -0.0594. The van der Waals surface area contributed by atoms with E-state index in [1.807, 2.05) is 25.1 Å². The molecule has 0 aromatic heterocycles. The second-order valence-electron chi connectivity index (χ2n) is 7.85. The highest BCUT2D eigenvalue weighted by Gasteiger charge is 2.30. The van der Waals surface area contributed by atoms with E-state index in [4.69, 9.17) is 26.4 Å². The summed E-state index contributed by atoms with van der Waals surface area (Å²) in [5.41, 5.74) is 3.21. The normalized spacial score (nSPS) is 15.0. The Balaban J connectivity index is 1.70. The van der Waals surface area contributed by atoms with Crippen LogP contribution < -0.4 is 14.2 Å². The topological polar surface area (TPSA) is 48.0 Å². The Kier molecular flexibility index (Phi) is 9.06. The number of carbonyl (C=O) groups excluding carboxylic acids is 1. The third-order valence-corrected chi connectivity index (χ3v) is 7.30. The van der Waals surface area contributed by atoms with E-state index >= 15 is 0 Å². The molecule has 0 spiro atoms. The van der Waals surface area contributed by atoms with Crippen LogP contribution in [0.15, 0.2) is 35.2 Å². The second kappa shape index (κ2) is 11.6. The molecule has 0 radical (unpaired) electrons. The fourth-order valence-corrected chi connectivity index (χ4v) is 5.59. The number of rotatable bonds is 9. The smallest absolute Gasteiger partial charge is 0.266 e. The van der Waals surface area contributed by atoms with Crippen LogP contribution in [0, 0.1) is 10.5 Å². The molecule has 1 aliphatic heterocycles. The molecule has 2 aromatic rings. The lowest BCUT2D eigenvalue weighted by atomic mass is 10.0. The molecular formula is C25H28INO4S2. The summed E-state index contributed by atoms with van der Waals surface area (Å²) in [6.45, 7) is 9.65. The fraction of sp³-hybridized carbons (Fsp3) is 0.360. The van der Waals surface area contributed by atoms with Crippen LogP contribution in [0.3, 0.4) is 0 Å². The molecule has 33 heavy (non-hydrogen) atoms. The number of likely N-dealkylation sites (N-methyl/N-ethyl adjacent to an activating group) is 1. The first-order valence-electron chi connectivity index (χ1n) is 10.7. The van der Waals surface area contributed by atoms with Crippen LogP contribution in [0.2, 0.25) is 0 Å². The van der Waals surface area contributed by atoms with Gasteiger partial charge in [0.25, 0.3) is 5.91 Å². The van der Waals surface area contributed by atoms with Crippen molar-refractivity contribution >= 4 is 62.9 Å². The third-order valence-electron chi connectivity index (χ3n) is 5.12. The van der Waals surface area contributed by atoms with E-state index in [1.165, 1.54) is 17.3 Å². The molecule has 1 fully saturated rings. The number of nitrogens with zero attached hydrogens (tertiary/aromatic N) is 1. The number of amides is 1. The average molecular weight is 598 g/mol. The summed E-state index contributed by atoms with van der Waals surface area (Å²) in [7, 11) is 1.61. The second-order valence-corrected chi connectivity index (χ2v) is 10.7. The van der Waals surface area contributed by atoms with Crippen LogP contribution in [-0.2, 0) is 4.79 Å². The highest BCUT2D eigenvalue weighted by atomic mass is 127. The number of benzene rings is 2. The van der Waals surface area contributed by atoms with E-state index in [2.05, 4.69) is 61.6 Å². The summed E-state index contributed by atoms with van der Waals surface area (Å²) in [5.74, 6) is 2.49. The van der Waals surface area contributed by atoms with Gasteiger partial charge in [0.05, 0.1) is 15.6 Å². The van der Waals surface area contributed by atoms with Gasteiger partial charge in [-0.15, -0.1) is 0 Å². The minimum absolute atomic E-state index is 0.0594. The van der Waals surface area contributed by atoms with E-state index in [-0.39, 0.29) is 5.91 Å². The number of thioether (sulfide) groups is 1. The third kappa shape index (κ3) is 6.22. The predicted octanol–water partition coefficient (Wildman–Crippen LogP) is 6.41. The van der Waals surface area contributed by atoms with E-state index in [0.29, 0.717) is 46.4 Å². The molecule has 0 aliphatic carbocycles. The fourth-order valence-electron chi connectivity index (χ4n) is 3.43. The molecule has 1 amide bonds. The van der Waals surface area contributed by atoms with Crippen LogP contribution in [0.4, 0.5) is 0 Å². The van der Waals surface area contributed by atoms with Gasteiger partial charge >= 0.3 is 0 Å². The molecule has 1 heterocycles. The number of carbonyl (C=O) groups is 1. The lowest BCUT2D eigenvalue weighted by molar-refractivity contribution is -0.121. The number of halogens is 1. The van der Waals surface area contributed by atoms with Gasteiger partial charge in [-0.25, -0.2) is 0 Å². The van der Waals surface area contributed by atoms with Crippen molar-refractivity contribution < 1.29 is 19.0 Å². The minimum Gasteiger partial charge on any atom is -0.493 e. The van der Waals surface area contributed by atoms with Crippen LogP contribution in [0.1, 0.15) is 43.4 Å². The van der Waals surface area contributed by atoms with Gasteiger partial charge in [-0.2, -0.15) is 0 Å². The van der Waals surface area contributed by atoms with Crippen LogP contribution in [-0.4, -0.2) is 42.0 Å². The summed E-state index contributed by atoms with van der Waals surface area (Å²) >= 11 is 8.84. The maximum absolute atomic E-state index is 12.5. The van der Waals surface area contributed by atoms with Crippen molar-refractivity contribution in [3.05, 3.63) is 55.5 Å². The van der Waals surface area contributed by atoms with Crippen LogP contribution in [0.5, 0.6) is 17.2 Å². The first-order chi connectivity index (χ1) is 15.7. The molecule has 1 aliphatic rings. The molecule has 1 saturated heterocycles. The predicted molar refractivity (Wildman–Crippen MR) is 148 cm³/mol. The molecule has 3 rings (SSSR count). The van der Waals surface area contributed by atoms with Crippen molar-refractivity contribution in [3.8, 4) is 17.2 Å². The zero-order valence-electron chi connectivity index (χ0n) is 19.4. The van der Waals surface area contributed by atoms with Gasteiger partial charge in [0, 0.05) is 6.54 Å². The SMILES string of the molecule is CCN1C(=O)C(=Cc2cc(I)c(OCCOc3cc(C)ccc3C(C)C)c(OC)c2)SC1=S. The number of hydrogen-bond acceptors (Lipinski definition) is 6. The van der Waals surface area contributed by atoms with Gasteiger partial charge in [0.15, 0.2) is 11.5 Å². The van der Waals surface area contributed by atoms with E-state index in [1.54, 1.807) is 12.0 Å². The van der Waals surface area contributed by atoms with E-state index in [9.17, 15) is 4.79 Å². The van der Waals surface area contributed by atoms with Gasteiger partial charge < -0.3 is 14.2 Å². The van der Waals surface area contributed by atoms with Gasteiger partial charge in [0.1, 0.15) is 23.3 Å². The number of methoxy groups -OCH3 is 1. The molecule has 0 N–H and O–H groups in total. The number of hydrogen-bond donors (Lipinski definition) is 0. The van der Waals surface area contributed by atoms with Gasteiger partial charge in [-0.05, 0) is 83.3 Å². The molecule has 5 nitrogen and oxygen atoms in total. The lowest BCUT2D eigenvalue weighted by Gasteiger charge is -2.17. The van der Waals surface area contributed by atoms with E-state index < -0.39 is 0 Å². The Hall–Kier alpha value is -1.78.